The van der Waals surface area contributed by atoms with Gasteiger partial charge in [0.1, 0.15) is 0 Å². The summed E-state index contributed by atoms with van der Waals surface area (Å²) in [5.41, 5.74) is 6.60. The number of benzene rings is 1. The number of esters is 1. The van der Waals surface area contributed by atoms with Crippen LogP contribution in [0.5, 0.6) is 0 Å². The van der Waals surface area contributed by atoms with Gasteiger partial charge in [-0.1, -0.05) is 11.6 Å². The number of alkyl halides is 2. The number of carbonyl (C=O) groups is 2. The number of carbonyl (C=O) groups excluding carboxylic acids is 2. The van der Waals surface area contributed by atoms with Crippen LogP contribution in [0.3, 0.4) is 0 Å². The molecule has 1 fully saturated rings. The number of nitrogens with zero attached hydrogens (tertiary/aromatic N) is 2. The van der Waals surface area contributed by atoms with E-state index < -0.39 is 36.6 Å². The van der Waals surface area contributed by atoms with Crippen molar-refractivity contribution in [1.29, 1.82) is 0 Å². The van der Waals surface area contributed by atoms with Crippen LogP contribution in [-0.2, 0) is 9.53 Å². The molecule has 0 bridgehead atoms. The summed E-state index contributed by atoms with van der Waals surface area (Å²) in [6, 6.07) is 3.14. The number of anilines is 1. The second-order valence-electron chi connectivity index (χ2n) is 6.09. The van der Waals surface area contributed by atoms with E-state index in [1.165, 1.54) is 13.2 Å². The Labute approximate surface area is 152 Å². The summed E-state index contributed by atoms with van der Waals surface area (Å²) in [7, 11) is 1.28. The quantitative estimate of drug-likeness (QED) is 0.622. The van der Waals surface area contributed by atoms with Crippen molar-refractivity contribution in [3.05, 3.63) is 28.4 Å². The topological polar surface area (TPSA) is 93.2 Å². The molecule has 1 aromatic carbocycles. The summed E-state index contributed by atoms with van der Waals surface area (Å²) >= 11 is 6.04. The lowest BCUT2D eigenvalue weighted by molar-refractivity contribution is -0.149. The van der Waals surface area contributed by atoms with Gasteiger partial charge in [-0.3, -0.25) is 15.6 Å². The normalized spacial score (nSPS) is 16.0. The average Bonchev–Trinajstić information content (AvgIpc) is 2.56. The summed E-state index contributed by atoms with van der Waals surface area (Å²) in [6.45, 7) is 1.72. The first-order valence-corrected chi connectivity index (χ1v) is 8.08. The van der Waals surface area contributed by atoms with Crippen LogP contribution in [0.4, 0.5) is 14.6 Å². The molecule has 1 aliphatic rings. The number of aromatic nitrogens is 2. The molecule has 1 saturated carbocycles. The molecule has 0 aliphatic heterocycles. The second kappa shape index (κ2) is 6.64. The highest BCUT2D eigenvalue weighted by Crippen LogP contribution is 2.42. The van der Waals surface area contributed by atoms with Crippen molar-refractivity contribution in [2.45, 2.75) is 25.7 Å². The zero-order valence-electron chi connectivity index (χ0n) is 13.9. The Hall–Kier alpha value is -2.55. The molecule has 7 nitrogen and oxygen atoms in total. The van der Waals surface area contributed by atoms with Gasteiger partial charge in [0.15, 0.2) is 11.0 Å². The Morgan fingerprint density at radius 3 is 2.54 bits per heavy atom. The highest BCUT2D eigenvalue weighted by Gasteiger charge is 2.48. The van der Waals surface area contributed by atoms with E-state index in [9.17, 15) is 18.4 Å². The van der Waals surface area contributed by atoms with Crippen LogP contribution in [0.1, 0.15) is 28.8 Å². The molecule has 138 valence electrons. The number of hydrazine groups is 1. The van der Waals surface area contributed by atoms with E-state index in [0.717, 1.165) is 0 Å². The lowest BCUT2D eigenvalue weighted by Crippen LogP contribution is -2.46. The fourth-order valence-corrected chi connectivity index (χ4v) is 2.85. The predicted octanol–water partition coefficient (Wildman–Crippen LogP) is 2.87. The molecule has 0 atom stereocenters. The first kappa shape index (κ1) is 18.2. The van der Waals surface area contributed by atoms with E-state index in [0.29, 0.717) is 22.2 Å². The minimum absolute atomic E-state index is 0.0450. The molecule has 26 heavy (non-hydrogen) atoms. The molecular weight excluding hydrogens is 370 g/mol. The molecule has 0 unspecified atom stereocenters. The average molecular weight is 385 g/mol. The van der Waals surface area contributed by atoms with Crippen LogP contribution in [0, 0.1) is 12.8 Å². The SMILES string of the molecule is COC(=O)c1cc2nc(Cl)c(NNC(=O)C3CC(F)(F)C3)nc2cc1C. The Morgan fingerprint density at radius 1 is 1.27 bits per heavy atom. The number of methoxy groups -OCH3 is 1. The van der Waals surface area contributed by atoms with Gasteiger partial charge in [-0.15, -0.1) is 0 Å². The number of fused-ring (bicyclic) bond motifs is 1. The van der Waals surface area contributed by atoms with Gasteiger partial charge >= 0.3 is 5.97 Å². The maximum absolute atomic E-state index is 12.8. The van der Waals surface area contributed by atoms with Crippen molar-refractivity contribution in [2.75, 3.05) is 12.5 Å². The Balaban J connectivity index is 1.78. The van der Waals surface area contributed by atoms with E-state index >= 15 is 0 Å². The highest BCUT2D eigenvalue weighted by molar-refractivity contribution is 6.32. The van der Waals surface area contributed by atoms with E-state index in [-0.39, 0.29) is 11.0 Å². The summed E-state index contributed by atoms with van der Waals surface area (Å²) in [4.78, 5) is 31.9. The fraction of sp³-hybridized carbons (Fsp3) is 0.375. The van der Waals surface area contributed by atoms with Gasteiger partial charge in [0.2, 0.25) is 11.8 Å². The maximum atomic E-state index is 12.8. The Kier molecular flexibility index (Phi) is 4.66. The van der Waals surface area contributed by atoms with Crippen LogP contribution >= 0.6 is 11.6 Å². The van der Waals surface area contributed by atoms with Gasteiger partial charge in [-0.05, 0) is 24.6 Å². The van der Waals surface area contributed by atoms with Crippen LogP contribution in [-0.4, -0.2) is 34.9 Å². The third-order valence-electron chi connectivity index (χ3n) is 4.14. The molecule has 0 saturated heterocycles. The van der Waals surface area contributed by atoms with Crippen molar-refractivity contribution in [1.82, 2.24) is 15.4 Å². The van der Waals surface area contributed by atoms with Gasteiger partial charge in [0, 0.05) is 12.8 Å². The molecule has 0 spiro atoms. The number of halogens is 3. The lowest BCUT2D eigenvalue weighted by Gasteiger charge is -2.33. The number of ether oxygens (including phenoxy) is 1. The zero-order valence-corrected chi connectivity index (χ0v) is 14.7. The van der Waals surface area contributed by atoms with Crippen LogP contribution in [0.25, 0.3) is 11.0 Å². The predicted molar refractivity (Wildman–Crippen MR) is 90.1 cm³/mol. The molecule has 1 heterocycles. The molecule has 1 aromatic heterocycles. The van der Waals surface area contributed by atoms with Gasteiger partial charge < -0.3 is 4.74 Å². The largest absolute Gasteiger partial charge is 0.465 e. The number of hydrogen-bond donors (Lipinski definition) is 2. The minimum Gasteiger partial charge on any atom is -0.465 e. The van der Waals surface area contributed by atoms with Crippen molar-refractivity contribution in [3.63, 3.8) is 0 Å². The third-order valence-corrected chi connectivity index (χ3v) is 4.40. The van der Waals surface area contributed by atoms with Gasteiger partial charge in [-0.25, -0.2) is 23.5 Å². The highest BCUT2D eigenvalue weighted by atomic mass is 35.5. The monoisotopic (exact) mass is 384 g/mol. The number of hydrogen-bond acceptors (Lipinski definition) is 6. The fourth-order valence-electron chi connectivity index (χ4n) is 2.66. The number of amides is 1. The number of nitrogens with one attached hydrogen (secondary N) is 2. The molecule has 2 aromatic rings. The molecule has 1 aliphatic carbocycles. The summed E-state index contributed by atoms with van der Waals surface area (Å²) in [5.74, 6) is -4.53. The smallest absolute Gasteiger partial charge is 0.338 e. The standard InChI is InChI=1S/C16H15ClF2N4O3/c1-7-3-10-11(4-9(7)15(25)26-2)20-12(17)13(21-10)22-23-14(24)8-5-16(18,19)6-8/h3-4,8H,5-6H2,1-2H3,(H,21,22)(H,23,24). The van der Waals surface area contributed by atoms with Crippen molar-refractivity contribution >= 4 is 40.3 Å². The van der Waals surface area contributed by atoms with Crippen LogP contribution < -0.4 is 10.9 Å². The van der Waals surface area contributed by atoms with E-state index in [1.807, 2.05) is 0 Å². The summed E-state index contributed by atoms with van der Waals surface area (Å²) in [5, 5.41) is -0.0450. The molecule has 3 rings (SSSR count). The lowest BCUT2D eigenvalue weighted by atomic mass is 9.81. The Bertz CT molecular complexity index is 899. The third kappa shape index (κ3) is 3.52. The van der Waals surface area contributed by atoms with E-state index in [4.69, 9.17) is 16.3 Å². The van der Waals surface area contributed by atoms with Crippen molar-refractivity contribution < 1.29 is 23.1 Å². The molecule has 10 heteroatoms. The van der Waals surface area contributed by atoms with Gasteiger partial charge in [0.25, 0.3) is 0 Å². The second-order valence-corrected chi connectivity index (χ2v) is 6.44. The first-order chi connectivity index (χ1) is 12.2. The molecule has 1 amide bonds. The first-order valence-electron chi connectivity index (χ1n) is 7.70. The minimum atomic E-state index is -2.78. The van der Waals surface area contributed by atoms with Crippen molar-refractivity contribution in [2.24, 2.45) is 5.92 Å². The zero-order chi connectivity index (χ0) is 19.1. The summed E-state index contributed by atoms with van der Waals surface area (Å²) < 4.78 is 30.4. The maximum Gasteiger partial charge on any atom is 0.338 e. The number of aryl methyl sites for hydroxylation is 1. The van der Waals surface area contributed by atoms with Gasteiger partial charge in [0.05, 0.1) is 29.6 Å². The molecule has 2 N–H and O–H groups in total. The van der Waals surface area contributed by atoms with Crippen molar-refractivity contribution in [3.8, 4) is 0 Å². The van der Waals surface area contributed by atoms with Crippen LogP contribution in [0.2, 0.25) is 5.15 Å². The van der Waals surface area contributed by atoms with Gasteiger partial charge in [-0.2, -0.15) is 0 Å². The Morgan fingerprint density at radius 2 is 1.92 bits per heavy atom. The van der Waals surface area contributed by atoms with E-state index in [1.54, 1.807) is 13.0 Å². The molecule has 0 radical (unpaired) electrons. The summed E-state index contributed by atoms with van der Waals surface area (Å²) in [6.07, 6.45) is -0.958. The number of rotatable bonds is 4. The van der Waals surface area contributed by atoms with Crippen LogP contribution in [0.15, 0.2) is 12.1 Å². The van der Waals surface area contributed by atoms with E-state index in [2.05, 4.69) is 20.8 Å². The molecular formula is C16H15ClF2N4O3.